The van der Waals surface area contributed by atoms with Crippen molar-refractivity contribution >= 4 is 11.8 Å². The summed E-state index contributed by atoms with van der Waals surface area (Å²) in [4.78, 5) is 23.7. The number of halogens is 1. The van der Waals surface area contributed by atoms with Gasteiger partial charge >= 0.3 is 0 Å². The summed E-state index contributed by atoms with van der Waals surface area (Å²) in [5.41, 5.74) is 4.40. The minimum atomic E-state index is -0.851. The first-order chi connectivity index (χ1) is 13.0. The van der Waals surface area contributed by atoms with Crippen LogP contribution in [0.15, 0.2) is 48.5 Å². The molecule has 0 saturated heterocycles. The lowest BCUT2D eigenvalue weighted by molar-refractivity contribution is -0.133. The third-order valence-electron chi connectivity index (χ3n) is 3.34. The largest absolute Gasteiger partial charge is 0.494 e. The number of benzene rings is 2. The van der Waals surface area contributed by atoms with Gasteiger partial charge in [-0.05, 0) is 50.2 Å². The Labute approximate surface area is 156 Å². The molecule has 27 heavy (non-hydrogen) atoms. The van der Waals surface area contributed by atoms with Gasteiger partial charge in [0.2, 0.25) is 0 Å². The van der Waals surface area contributed by atoms with Gasteiger partial charge in [0.05, 0.1) is 6.61 Å². The predicted octanol–water partition coefficient (Wildman–Crippen LogP) is 2.22. The Balaban J connectivity index is 1.73. The second kappa shape index (κ2) is 10.0. The molecule has 2 amide bonds. The van der Waals surface area contributed by atoms with Gasteiger partial charge in [0.15, 0.2) is 24.3 Å². The molecule has 7 nitrogen and oxygen atoms in total. The molecule has 0 spiro atoms. The average Bonchev–Trinajstić information content (AvgIpc) is 2.67. The van der Waals surface area contributed by atoms with E-state index in [0.29, 0.717) is 18.1 Å². The zero-order valence-corrected chi connectivity index (χ0v) is 15.0. The lowest BCUT2D eigenvalue weighted by atomic mass is 10.3. The monoisotopic (exact) mass is 376 g/mol. The van der Waals surface area contributed by atoms with Gasteiger partial charge in [0.25, 0.3) is 11.8 Å². The minimum Gasteiger partial charge on any atom is -0.494 e. The van der Waals surface area contributed by atoms with Crippen molar-refractivity contribution in [1.29, 1.82) is 0 Å². The van der Waals surface area contributed by atoms with Crippen LogP contribution in [0.5, 0.6) is 17.2 Å². The first-order valence-electron chi connectivity index (χ1n) is 8.35. The van der Waals surface area contributed by atoms with Crippen LogP contribution in [-0.4, -0.2) is 31.1 Å². The predicted molar refractivity (Wildman–Crippen MR) is 95.9 cm³/mol. The average molecular weight is 376 g/mol. The summed E-state index contributed by atoms with van der Waals surface area (Å²) in [5.74, 6) is -0.639. The molecule has 2 aromatic rings. The second-order valence-corrected chi connectivity index (χ2v) is 5.42. The summed E-state index contributed by atoms with van der Waals surface area (Å²) in [7, 11) is 0. The lowest BCUT2D eigenvalue weighted by Gasteiger charge is -2.15. The van der Waals surface area contributed by atoms with Crippen molar-refractivity contribution in [2.45, 2.75) is 20.0 Å². The Bertz CT molecular complexity index is 767. The summed E-state index contributed by atoms with van der Waals surface area (Å²) < 4.78 is 29.2. The van der Waals surface area contributed by atoms with Gasteiger partial charge in [-0.2, -0.15) is 0 Å². The molecule has 0 aliphatic heterocycles. The van der Waals surface area contributed by atoms with E-state index in [9.17, 15) is 14.0 Å². The molecular weight excluding hydrogens is 355 g/mol. The van der Waals surface area contributed by atoms with Crippen molar-refractivity contribution in [3.8, 4) is 17.2 Å². The molecule has 2 N–H and O–H groups in total. The van der Waals surface area contributed by atoms with E-state index in [1.165, 1.54) is 25.1 Å². The van der Waals surface area contributed by atoms with Gasteiger partial charge in [0.1, 0.15) is 11.5 Å². The summed E-state index contributed by atoms with van der Waals surface area (Å²) in [6.45, 7) is 3.52. The molecular formula is C19H21FN2O5. The molecule has 8 heteroatoms. The maximum Gasteiger partial charge on any atom is 0.279 e. The third kappa shape index (κ3) is 6.50. The Kier molecular flexibility index (Phi) is 7.42. The van der Waals surface area contributed by atoms with Gasteiger partial charge in [-0.3, -0.25) is 20.4 Å². The molecule has 0 aromatic heterocycles. The summed E-state index contributed by atoms with van der Waals surface area (Å²) in [5, 5.41) is 0. The Morgan fingerprint density at radius 1 is 1.00 bits per heavy atom. The number of carbonyl (C=O) groups is 2. The molecule has 2 rings (SSSR count). The number of amides is 2. The molecule has 0 heterocycles. The van der Waals surface area contributed by atoms with Gasteiger partial charge in [0, 0.05) is 0 Å². The molecule has 0 aliphatic carbocycles. The fourth-order valence-corrected chi connectivity index (χ4v) is 2.01. The highest BCUT2D eigenvalue weighted by molar-refractivity contribution is 5.85. The molecule has 0 bridgehead atoms. The smallest absolute Gasteiger partial charge is 0.279 e. The van der Waals surface area contributed by atoms with Gasteiger partial charge in [-0.15, -0.1) is 0 Å². The van der Waals surface area contributed by atoms with Crippen LogP contribution in [0.2, 0.25) is 0 Å². The van der Waals surface area contributed by atoms with Crippen molar-refractivity contribution in [2.75, 3.05) is 13.2 Å². The van der Waals surface area contributed by atoms with E-state index >= 15 is 0 Å². The molecule has 0 unspecified atom stereocenters. The fourth-order valence-electron chi connectivity index (χ4n) is 2.01. The molecule has 2 aromatic carbocycles. The maximum absolute atomic E-state index is 13.4. The molecule has 0 fully saturated rings. The van der Waals surface area contributed by atoms with Crippen LogP contribution in [0.1, 0.15) is 13.8 Å². The highest BCUT2D eigenvalue weighted by Crippen LogP contribution is 2.18. The molecule has 1 atom stereocenters. The van der Waals surface area contributed by atoms with Crippen LogP contribution in [0, 0.1) is 5.82 Å². The number of carbonyl (C=O) groups excluding carboxylic acids is 2. The van der Waals surface area contributed by atoms with Crippen LogP contribution >= 0.6 is 0 Å². The van der Waals surface area contributed by atoms with Crippen LogP contribution in [0.3, 0.4) is 0 Å². The first-order valence-corrected chi connectivity index (χ1v) is 8.35. The number of nitrogens with one attached hydrogen (secondary N) is 2. The van der Waals surface area contributed by atoms with E-state index in [-0.39, 0.29) is 5.75 Å². The van der Waals surface area contributed by atoms with Crippen molar-refractivity contribution in [3.63, 3.8) is 0 Å². The maximum atomic E-state index is 13.4. The minimum absolute atomic E-state index is 0.0498. The van der Waals surface area contributed by atoms with Crippen LogP contribution < -0.4 is 25.1 Å². The first kappa shape index (κ1) is 20.0. The van der Waals surface area contributed by atoms with Crippen molar-refractivity contribution in [1.82, 2.24) is 10.9 Å². The molecule has 144 valence electrons. The Morgan fingerprint density at radius 2 is 1.67 bits per heavy atom. The number of hydrogen-bond donors (Lipinski definition) is 2. The highest BCUT2D eigenvalue weighted by Gasteiger charge is 2.16. The summed E-state index contributed by atoms with van der Waals surface area (Å²) in [6, 6.07) is 12.5. The SMILES string of the molecule is CCOc1ccc(O[C@H](C)C(=O)NNC(=O)COc2ccccc2F)cc1. The van der Waals surface area contributed by atoms with E-state index in [2.05, 4.69) is 10.9 Å². The summed E-state index contributed by atoms with van der Waals surface area (Å²) >= 11 is 0. The molecule has 0 radical (unpaired) electrons. The van der Waals surface area contributed by atoms with E-state index in [1.807, 2.05) is 6.92 Å². The number of hydrazine groups is 1. The zero-order valence-electron chi connectivity index (χ0n) is 15.0. The number of rotatable bonds is 8. The standard InChI is InChI=1S/C19H21FN2O5/c1-3-25-14-8-10-15(11-9-14)27-13(2)19(24)22-21-18(23)12-26-17-7-5-4-6-16(17)20/h4-11,13H,3,12H2,1-2H3,(H,21,23)(H,22,24)/t13-/m1/s1. The van der Waals surface area contributed by atoms with Crippen LogP contribution in [-0.2, 0) is 9.59 Å². The molecule has 0 saturated carbocycles. The lowest BCUT2D eigenvalue weighted by Crippen LogP contribution is -2.48. The number of para-hydroxylation sites is 1. The second-order valence-electron chi connectivity index (χ2n) is 5.42. The van der Waals surface area contributed by atoms with Gasteiger partial charge in [-0.1, -0.05) is 12.1 Å². The van der Waals surface area contributed by atoms with E-state index in [4.69, 9.17) is 14.2 Å². The van der Waals surface area contributed by atoms with E-state index in [0.717, 1.165) is 0 Å². The van der Waals surface area contributed by atoms with Crippen molar-refractivity contribution < 1.29 is 28.2 Å². The van der Waals surface area contributed by atoms with Gasteiger partial charge < -0.3 is 14.2 Å². The number of ether oxygens (including phenoxy) is 3. The van der Waals surface area contributed by atoms with Crippen LogP contribution in [0.4, 0.5) is 4.39 Å². The van der Waals surface area contributed by atoms with Gasteiger partial charge in [-0.25, -0.2) is 4.39 Å². The highest BCUT2D eigenvalue weighted by atomic mass is 19.1. The third-order valence-corrected chi connectivity index (χ3v) is 3.34. The topological polar surface area (TPSA) is 85.9 Å². The Hall–Kier alpha value is -3.29. The van der Waals surface area contributed by atoms with Crippen molar-refractivity contribution in [2.24, 2.45) is 0 Å². The number of hydrogen-bond acceptors (Lipinski definition) is 5. The summed E-state index contributed by atoms with van der Waals surface area (Å²) in [6.07, 6.45) is -0.851. The normalized spacial score (nSPS) is 11.2. The van der Waals surface area contributed by atoms with Crippen LogP contribution in [0.25, 0.3) is 0 Å². The van der Waals surface area contributed by atoms with Crippen molar-refractivity contribution in [3.05, 3.63) is 54.3 Å². The Morgan fingerprint density at radius 3 is 2.33 bits per heavy atom. The fraction of sp³-hybridized carbons (Fsp3) is 0.263. The quantitative estimate of drug-likeness (QED) is 0.690. The van der Waals surface area contributed by atoms with E-state index in [1.54, 1.807) is 30.3 Å². The van der Waals surface area contributed by atoms with E-state index < -0.39 is 30.3 Å². The molecule has 0 aliphatic rings. The zero-order chi connectivity index (χ0) is 19.6.